The van der Waals surface area contributed by atoms with Gasteiger partial charge in [0.15, 0.2) is 5.82 Å². The minimum atomic E-state index is -2.60. The molecule has 140 valence electrons. The molecule has 0 spiro atoms. The predicted molar refractivity (Wildman–Crippen MR) is 97.2 cm³/mol. The zero-order valence-corrected chi connectivity index (χ0v) is 14.8. The quantitative estimate of drug-likeness (QED) is 0.758. The number of phenolic OH excluding ortho intramolecular Hbond substituents is 1. The second-order valence-corrected chi connectivity index (χ2v) is 6.81. The fraction of sp³-hybridized carbons (Fsp3) is 0.316. The van der Waals surface area contributed by atoms with Gasteiger partial charge in [0.2, 0.25) is 5.92 Å². The SMILES string of the molecule is CN(c1ccc(-c2ccc(-n3ccnc3)cc2O)nn1)[C@@H]1CCC(F)(F)C1. The van der Waals surface area contributed by atoms with Crippen LogP contribution in [0.15, 0.2) is 49.1 Å². The standard InChI is InChI=1S/C19H19F2N5O/c1-25(14-6-7-19(20,21)11-14)18-5-4-16(23-24-18)15-3-2-13(10-17(15)27)26-9-8-22-12-26/h2-5,8-10,12,14,27H,6-7,11H2,1H3/t14-/m1/s1. The Balaban J connectivity index is 1.54. The molecule has 1 fully saturated rings. The Labute approximate surface area is 155 Å². The lowest BCUT2D eigenvalue weighted by molar-refractivity contribution is 0.00786. The summed E-state index contributed by atoms with van der Waals surface area (Å²) in [5.74, 6) is -1.99. The third kappa shape index (κ3) is 3.47. The Hall–Kier alpha value is -3.03. The first kappa shape index (κ1) is 17.4. The molecule has 8 heteroatoms. The molecular weight excluding hydrogens is 352 g/mol. The van der Waals surface area contributed by atoms with Crippen LogP contribution in [0.1, 0.15) is 19.3 Å². The van der Waals surface area contributed by atoms with E-state index in [4.69, 9.17) is 0 Å². The first-order chi connectivity index (χ1) is 12.9. The van der Waals surface area contributed by atoms with Crippen molar-refractivity contribution in [1.29, 1.82) is 0 Å². The minimum absolute atomic E-state index is 0.0760. The van der Waals surface area contributed by atoms with Gasteiger partial charge >= 0.3 is 0 Å². The summed E-state index contributed by atoms with van der Waals surface area (Å²) in [7, 11) is 1.76. The fourth-order valence-electron chi connectivity index (χ4n) is 3.41. The second-order valence-electron chi connectivity index (χ2n) is 6.81. The van der Waals surface area contributed by atoms with Crippen molar-refractivity contribution in [2.24, 2.45) is 0 Å². The molecule has 3 aromatic rings. The van der Waals surface area contributed by atoms with Gasteiger partial charge < -0.3 is 14.6 Å². The smallest absolute Gasteiger partial charge is 0.250 e. The summed E-state index contributed by atoms with van der Waals surface area (Å²) in [5.41, 5.74) is 1.84. The van der Waals surface area contributed by atoms with Gasteiger partial charge in [0, 0.05) is 50.0 Å². The lowest BCUT2D eigenvalue weighted by Crippen LogP contribution is -2.31. The van der Waals surface area contributed by atoms with Crippen molar-refractivity contribution in [3.05, 3.63) is 49.1 Å². The number of alkyl halides is 2. The van der Waals surface area contributed by atoms with Crippen LogP contribution in [0.4, 0.5) is 14.6 Å². The molecule has 2 heterocycles. The normalized spacial score (nSPS) is 18.6. The molecular formula is C19H19F2N5O. The van der Waals surface area contributed by atoms with Gasteiger partial charge in [0.05, 0.1) is 17.7 Å². The van der Waals surface area contributed by atoms with E-state index in [0.29, 0.717) is 23.5 Å². The first-order valence-corrected chi connectivity index (χ1v) is 8.69. The highest BCUT2D eigenvalue weighted by Gasteiger charge is 2.41. The Morgan fingerprint density at radius 1 is 1.22 bits per heavy atom. The molecule has 0 radical (unpaired) electrons. The molecule has 1 aromatic carbocycles. The molecule has 1 aliphatic rings. The predicted octanol–water partition coefficient (Wildman–Crippen LogP) is 3.66. The molecule has 1 saturated carbocycles. The Kier molecular flexibility index (Phi) is 4.25. The molecule has 0 saturated heterocycles. The highest BCUT2D eigenvalue weighted by molar-refractivity contribution is 5.69. The Morgan fingerprint density at radius 3 is 2.67 bits per heavy atom. The van der Waals surface area contributed by atoms with Crippen LogP contribution in [0.5, 0.6) is 5.75 Å². The Bertz CT molecular complexity index is 928. The van der Waals surface area contributed by atoms with Crippen molar-refractivity contribution in [1.82, 2.24) is 19.7 Å². The van der Waals surface area contributed by atoms with Crippen molar-refractivity contribution in [3.8, 4) is 22.7 Å². The average molecular weight is 371 g/mol. The van der Waals surface area contributed by atoms with E-state index in [2.05, 4.69) is 15.2 Å². The second kappa shape index (κ2) is 6.61. The number of phenols is 1. The van der Waals surface area contributed by atoms with Crippen LogP contribution in [-0.4, -0.2) is 43.9 Å². The zero-order valence-electron chi connectivity index (χ0n) is 14.8. The number of rotatable bonds is 4. The number of anilines is 1. The number of halogens is 2. The van der Waals surface area contributed by atoms with E-state index in [1.54, 1.807) is 59.5 Å². The highest BCUT2D eigenvalue weighted by Crippen LogP contribution is 2.38. The van der Waals surface area contributed by atoms with Crippen LogP contribution in [0.2, 0.25) is 0 Å². The van der Waals surface area contributed by atoms with Crippen molar-refractivity contribution >= 4 is 5.82 Å². The molecule has 0 bridgehead atoms. The van der Waals surface area contributed by atoms with Crippen molar-refractivity contribution in [3.63, 3.8) is 0 Å². The number of benzene rings is 1. The topological polar surface area (TPSA) is 67.1 Å². The van der Waals surface area contributed by atoms with Crippen LogP contribution in [-0.2, 0) is 0 Å². The zero-order chi connectivity index (χ0) is 19.0. The maximum absolute atomic E-state index is 13.4. The monoisotopic (exact) mass is 371 g/mol. The number of nitrogens with zero attached hydrogens (tertiary/aromatic N) is 5. The summed E-state index contributed by atoms with van der Waals surface area (Å²) in [6, 6.07) is 8.46. The number of hydrogen-bond donors (Lipinski definition) is 1. The maximum Gasteiger partial charge on any atom is 0.250 e. The summed E-state index contributed by atoms with van der Waals surface area (Å²) in [4.78, 5) is 5.73. The van der Waals surface area contributed by atoms with Gasteiger partial charge in [0.25, 0.3) is 0 Å². The van der Waals surface area contributed by atoms with Gasteiger partial charge in [-0.05, 0) is 30.7 Å². The summed E-state index contributed by atoms with van der Waals surface area (Å²) >= 11 is 0. The summed E-state index contributed by atoms with van der Waals surface area (Å²) < 4.78 is 28.7. The van der Waals surface area contributed by atoms with Gasteiger partial charge in [-0.15, -0.1) is 10.2 Å². The van der Waals surface area contributed by atoms with Gasteiger partial charge in [-0.2, -0.15) is 0 Å². The molecule has 6 nitrogen and oxygen atoms in total. The third-order valence-corrected chi connectivity index (χ3v) is 5.00. The molecule has 4 rings (SSSR count). The number of aromatic hydroxyl groups is 1. The third-order valence-electron chi connectivity index (χ3n) is 5.00. The maximum atomic E-state index is 13.4. The van der Waals surface area contributed by atoms with Crippen molar-refractivity contribution < 1.29 is 13.9 Å². The van der Waals surface area contributed by atoms with E-state index < -0.39 is 5.92 Å². The minimum Gasteiger partial charge on any atom is -0.507 e. The summed E-state index contributed by atoms with van der Waals surface area (Å²) in [5, 5.41) is 18.7. The summed E-state index contributed by atoms with van der Waals surface area (Å²) in [6.07, 6.45) is 5.26. The van der Waals surface area contributed by atoms with E-state index in [1.807, 2.05) is 6.07 Å². The molecule has 0 amide bonds. The van der Waals surface area contributed by atoms with Crippen LogP contribution in [0.3, 0.4) is 0 Å². The molecule has 1 atom stereocenters. The molecule has 2 aromatic heterocycles. The largest absolute Gasteiger partial charge is 0.507 e. The molecule has 0 unspecified atom stereocenters. The van der Waals surface area contributed by atoms with E-state index >= 15 is 0 Å². The van der Waals surface area contributed by atoms with E-state index in [9.17, 15) is 13.9 Å². The number of imidazole rings is 1. The Morgan fingerprint density at radius 2 is 2.07 bits per heavy atom. The average Bonchev–Trinajstić information content (AvgIpc) is 3.31. The number of hydrogen-bond acceptors (Lipinski definition) is 5. The van der Waals surface area contributed by atoms with E-state index in [1.165, 1.54) is 0 Å². The lowest BCUT2D eigenvalue weighted by Gasteiger charge is -2.25. The van der Waals surface area contributed by atoms with Crippen LogP contribution in [0, 0.1) is 0 Å². The van der Waals surface area contributed by atoms with Crippen molar-refractivity contribution in [2.45, 2.75) is 31.2 Å². The highest BCUT2D eigenvalue weighted by atomic mass is 19.3. The summed E-state index contributed by atoms with van der Waals surface area (Å²) in [6.45, 7) is 0. The van der Waals surface area contributed by atoms with E-state index in [-0.39, 0.29) is 24.6 Å². The molecule has 1 N–H and O–H groups in total. The lowest BCUT2D eigenvalue weighted by atomic mass is 10.1. The molecule has 0 aliphatic heterocycles. The van der Waals surface area contributed by atoms with Gasteiger partial charge in [-0.3, -0.25) is 0 Å². The van der Waals surface area contributed by atoms with Gasteiger partial charge in [-0.1, -0.05) is 0 Å². The van der Waals surface area contributed by atoms with E-state index in [0.717, 1.165) is 5.69 Å². The first-order valence-electron chi connectivity index (χ1n) is 8.69. The van der Waals surface area contributed by atoms with Gasteiger partial charge in [-0.25, -0.2) is 13.8 Å². The van der Waals surface area contributed by atoms with Crippen LogP contribution >= 0.6 is 0 Å². The van der Waals surface area contributed by atoms with Gasteiger partial charge in [0.1, 0.15) is 5.75 Å². The molecule has 27 heavy (non-hydrogen) atoms. The van der Waals surface area contributed by atoms with Crippen LogP contribution in [0.25, 0.3) is 16.9 Å². The van der Waals surface area contributed by atoms with Crippen LogP contribution < -0.4 is 4.90 Å². The van der Waals surface area contributed by atoms with Crippen molar-refractivity contribution in [2.75, 3.05) is 11.9 Å². The fourth-order valence-corrected chi connectivity index (χ4v) is 3.41. The number of aromatic nitrogens is 4. The molecule has 1 aliphatic carbocycles.